The van der Waals surface area contributed by atoms with Gasteiger partial charge in [-0.3, -0.25) is 4.79 Å². The van der Waals surface area contributed by atoms with Crippen LogP contribution in [0.3, 0.4) is 0 Å². The van der Waals surface area contributed by atoms with Crippen LogP contribution in [0.15, 0.2) is 0 Å². The van der Waals surface area contributed by atoms with Gasteiger partial charge in [0.25, 0.3) is 0 Å². The van der Waals surface area contributed by atoms with Gasteiger partial charge in [-0.2, -0.15) is 0 Å². The summed E-state index contributed by atoms with van der Waals surface area (Å²) in [5.41, 5.74) is -0.363. The van der Waals surface area contributed by atoms with Crippen LogP contribution in [0.1, 0.15) is 34.1 Å². The molecule has 3 heteroatoms. The van der Waals surface area contributed by atoms with Crippen LogP contribution in [-0.2, 0) is 9.53 Å². The second-order valence-corrected chi connectivity index (χ2v) is 5.11. The molecule has 0 atom stereocenters. The topological polar surface area (TPSA) is 26.3 Å². The Morgan fingerprint density at radius 3 is 2.38 bits per heavy atom. The van der Waals surface area contributed by atoms with Crippen molar-refractivity contribution in [2.45, 2.75) is 34.1 Å². The highest BCUT2D eigenvalue weighted by molar-refractivity contribution is 9.09. The molecule has 0 aromatic heterocycles. The second-order valence-electron chi connectivity index (χ2n) is 4.32. The summed E-state index contributed by atoms with van der Waals surface area (Å²) in [6, 6.07) is 0. The van der Waals surface area contributed by atoms with E-state index in [-0.39, 0.29) is 11.4 Å². The SMILES string of the molecule is CC(C)COC(=O)C(C)(C)CCBr. The maximum atomic E-state index is 11.5. The first-order valence-corrected chi connectivity index (χ1v) is 5.75. The molecule has 0 radical (unpaired) electrons. The van der Waals surface area contributed by atoms with Crippen LogP contribution in [0.25, 0.3) is 0 Å². The Kier molecular flexibility index (Phi) is 5.61. The van der Waals surface area contributed by atoms with Crippen molar-refractivity contribution in [3.8, 4) is 0 Å². The van der Waals surface area contributed by atoms with E-state index in [1.165, 1.54) is 0 Å². The van der Waals surface area contributed by atoms with Gasteiger partial charge in [0, 0.05) is 5.33 Å². The van der Waals surface area contributed by atoms with Gasteiger partial charge in [0.2, 0.25) is 0 Å². The standard InChI is InChI=1S/C10H19BrO2/c1-8(2)7-13-9(12)10(3,4)5-6-11/h8H,5-7H2,1-4H3. The summed E-state index contributed by atoms with van der Waals surface area (Å²) in [6.07, 6.45) is 0.809. The molecule has 0 rings (SSSR count). The van der Waals surface area contributed by atoms with Crippen molar-refractivity contribution in [3.05, 3.63) is 0 Å². The highest BCUT2D eigenvalue weighted by Crippen LogP contribution is 2.23. The van der Waals surface area contributed by atoms with Crippen LogP contribution in [0.4, 0.5) is 0 Å². The third-order valence-electron chi connectivity index (χ3n) is 1.82. The van der Waals surface area contributed by atoms with Crippen LogP contribution in [0.5, 0.6) is 0 Å². The third-order valence-corrected chi connectivity index (χ3v) is 2.22. The molecule has 0 fully saturated rings. The predicted molar refractivity (Wildman–Crippen MR) is 58.0 cm³/mol. The van der Waals surface area contributed by atoms with Gasteiger partial charge >= 0.3 is 5.97 Å². The van der Waals surface area contributed by atoms with Gasteiger partial charge in [0.1, 0.15) is 0 Å². The number of alkyl halides is 1. The Morgan fingerprint density at radius 1 is 1.46 bits per heavy atom. The molecule has 0 aliphatic heterocycles. The number of hydrogen-bond acceptors (Lipinski definition) is 2. The molecular weight excluding hydrogens is 232 g/mol. The van der Waals surface area contributed by atoms with Gasteiger partial charge in [0.05, 0.1) is 12.0 Å². The zero-order valence-corrected chi connectivity index (χ0v) is 10.5. The second kappa shape index (κ2) is 5.63. The third kappa shape index (κ3) is 5.29. The summed E-state index contributed by atoms with van der Waals surface area (Å²) in [6.45, 7) is 8.41. The summed E-state index contributed by atoms with van der Waals surface area (Å²) in [5, 5.41) is 0.830. The van der Waals surface area contributed by atoms with E-state index in [1.54, 1.807) is 0 Å². The normalized spacial score (nSPS) is 11.8. The maximum absolute atomic E-state index is 11.5. The van der Waals surface area contributed by atoms with Crippen molar-refractivity contribution in [2.75, 3.05) is 11.9 Å². The van der Waals surface area contributed by atoms with Crippen LogP contribution in [0, 0.1) is 11.3 Å². The van der Waals surface area contributed by atoms with E-state index < -0.39 is 0 Å². The fourth-order valence-electron chi connectivity index (χ4n) is 0.776. The zero-order chi connectivity index (χ0) is 10.5. The summed E-state index contributed by atoms with van der Waals surface area (Å²) in [7, 11) is 0. The van der Waals surface area contributed by atoms with Crippen LogP contribution in [-0.4, -0.2) is 17.9 Å². The Hall–Kier alpha value is -0.0500. The lowest BCUT2D eigenvalue weighted by molar-refractivity contribution is -0.155. The van der Waals surface area contributed by atoms with Crippen molar-refractivity contribution in [3.63, 3.8) is 0 Å². The number of hydrogen-bond donors (Lipinski definition) is 0. The number of carbonyl (C=O) groups excluding carboxylic acids is 1. The molecule has 0 spiro atoms. The Labute approximate surface area is 89.2 Å². The number of halogens is 1. The molecule has 0 N–H and O–H groups in total. The maximum Gasteiger partial charge on any atom is 0.311 e. The molecule has 78 valence electrons. The lowest BCUT2D eigenvalue weighted by Crippen LogP contribution is -2.28. The highest BCUT2D eigenvalue weighted by Gasteiger charge is 2.28. The summed E-state index contributed by atoms with van der Waals surface area (Å²) >= 11 is 3.33. The van der Waals surface area contributed by atoms with E-state index in [0.29, 0.717) is 12.5 Å². The summed E-state index contributed by atoms with van der Waals surface area (Å²) < 4.78 is 5.16. The van der Waals surface area contributed by atoms with E-state index in [2.05, 4.69) is 15.9 Å². The van der Waals surface area contributed by atoms with Gasteiger partial charge in [-0.1, -0.05) is 29.8 Å². The Balaban J connectivity index is 3.94. The monoisotopic (exact) mass is 250 g/mol. The van der Waals surface area contributed by atoms with Gasteiger partial charge in [0.15, 0.2) is 0 Å². The molecule has 2 nitrogen and oxygen atoms in total. The molecule has 0 unspecified atom stereocenters. The summed E-state index contributed by atoms with van der Waals surface area (Å²) in [5.74, 6) is 0.310. The van der Waals surface area contributed by atoms with Crippen LogP contribution in [0.2, 0.25) is 0 Å². The number of rotatable bonds is 5. The minimum Gasteiger partial charge on any atom is -0.465 e. The fourth-order valence-corrected chi connectivity index (χ4v) is 1.77. The summed E-state index contributed by atoms with van der Waals surface area (Å²) in [4.78, 5) is 11.5. The molecule has 0 aromatic carbocycles. The first-order valence-electron chi connectivity index (χ1n) is 4.63. The van der Waals surface area contributed by atoms with E-state index in [4.69, 9.17) is 4.74 Å². The van der Waals surface area contributed by atoms with Crippen molar-refractivity contribution >= 4 is 21.9 Å². The average molecular weight is 251 g/mol. The highest BCUT2D eigenvalue weighted by atomic mass is 79.9. The quantitative estimate of drug-likeness (QED) is 0.554. The molecule has 0 amide bonds. The molecule has 0 aliphatic carbocycles. The molecule has 0 saturated carbocycles. The van der Waals surface area contributed by atoms with E-state index >= 15 is 0 Å². The van der Waals surface area contributed by atoms with Gasteiger partial charge < -0.3 is 4.74 Å². The van der Waals surface area contributed by atoms with E-state index in [1.807, 2.05) is 27.7 Å². The number of carbonyl (C=O) groups is 1. The minimum absolute atomic E-state index is 0.0966. The van der Waals surface area contributed by atoms with Crippen LogP contribution >= 0.6 is 15.9 Å². The zero-order valence-electron chi connectivity index (χ0n) is 8.89. The number of ether oxygens (including phenoxy) is 1. The fraction of sp³-hybridized carbons (Fsp3) is 0.900. The largest absolute Gasteiger partial charge is 0.465 e. The first kappa shape index (κ1) is 12.9. The molecular formula is C10H19BrO2. The molecule has 0 saturated heterocycles. The van der Waals surface area contributed by atoms with Crippen molar-refractivity contribution < 1.29 is 9.53 Å². The van der Waals surface area contributed by atoms with Crippen LogP contribution < -0.4 is 0 Å². The predicted octanol–water partition coefficient (Wildman–Crippen LogP) is 3.00. The lowest BCUT2D eigenvalue weighted by atomic mass is 9.91. The van der Waals surface area contributed by atoms with E-state index in [9.17, 15) is 4.79 Å². The number of esters is 1. The first-order chi connectivity index (χ1) is 5.90. The van der Waals surface area contributed by atoms with Crippen molar-refractivity contribution in [2.24, 2.45) is 11.3 Å². The van der Waals surface area contributed by atoms with Gasteiger partial charge in [-0.15, -0.1) is 0 Å². The molecule has 0 bridgehead atoms. The Bertz CT molecular complexity index is 164. The Morgan fingerprint density at radius 2 is 2.00 bits per heavy atom. The van der Waals surface area contributed by atoms with Gasteiger partial charge in [-0.05, 0) is 26.2 Å². The smallest absolute Gasteiger partial charge is 0.311 e. The van der Waals surface area contributed by atoms with Gasteiger partial charge in [-0.25, -0.2) is 0 Å². The van der Waals surface area contributed by atoms with Crippen molar-refractivity contribution in [1.29, 1.82) is 0 Å². The van der Waals surface area contributed by atoms with Crippen molar-refractivity contribution in [1.82, 2.24) is 0 Å². The molecule has 0 heterocycles. The minimum atomic E-state index is -0.363. The average Bonchev–Trinajstić information content (AvgIpc) is 1.99. The van der Waals surface area contributed by atoms with E-state index in [0.717, 1.165) is 11.8 Å². The molecule has 0 aromatic rings. The molecule has 0 aliphatic rings. The lowest BCUT2D eigenvalue weighted by Gasteiger charge is -2.21. The molecule has 13 heavy (non-hydrogen) atoms.